The summed E-state index contributed by atoms with van der Waals surface area (Å²) in [4.78, 5) is 14.4. The van der Waals surface area contributed by atoms with Crippen molar-refractivity contribution in [3.63, 3.8) is 0 Å². The molecule has 0 aromatic heterocycles. The Balaban J connectivity index is 2.07. The van der Waals surface area contributed by atoms with Gasteiger partial charge in [-0.25, -0.2) is 0 Å². The van der Waals surface area contributed by atoms with Crippen LogP contribution in [-0.4, -0.2) is 41.6 Å². The van der Waals surface area contributed by atoms with E-state index in [0.29, 0.717) is 4.99 Å². The lowest BCUT2D eigenvalue weighted by molar-refractivity contribution is -0.136. The Bertz CT molecular complexity index is 328. The van der Waals surface area contributed by atoms with E-state index in [1.807, 2.05) is 14.0 Å². The molecule has 90 valence electrons. The first-order valence-corrected chi connectivity index (χ1v) is 6.08. The number of nitrogens with two attached hydrogens (primary N) is 1. The van der Waals surface area contributed by atoms with Crippen LogP contribution in [0.2, 0.25) is 0 Å². The summed E-state index contributed by atoms with van der Waals surface area (Å²) in [5, 5.41) is 0. The molecule has 0 aromatic carbocycles. The summed E-state index contributed by atoms with van der Waals surface area (Å²) in [5.74, 6) is 0.0716. The Labute approximate surface area is 101 Å². The van der Waals surface area contributed by atoms with E-state index in [1.165, 1.54) is 0 Å². The van der Waals surface area contributed by atoms with Crippen molar-refractivity contribution in [3.8, 4) is 0 Å². The molecule has 2 fully saturated rings. The highest BCUT2D eigenvalue weighted by molar-refractivity contribution is 7.80. The number of amides is 1. The van der Waals surface area contributed by atoms with E-state index in [4.69, 9.17) is 22.7 Å². The van der Waals surface area contributed by atoms with Gasteiger partial charge in [-0.15, -0.1) is 0 Å². The number of carbonyl (C=O) groups is 1. The third-order valence-electron chi connectivity index (χ3n) is 3.79. The van der Waals surface area contributed by atoms with E-state index in [-0.39, 0.29) is 18.1 Å². The first-order valence-electron chi connectivity index (χ1n) is 5.68. The van der Waals surface area contributed by atoms with E-state index in [2.05, 4.69) is 0 Å². The van der Waals surface area contributed by atoms with Crippen LogP contribution in [0.5, 0.6) is 0 Å². The molecule has 1 saturated carbocycles. The Hall–Kier alpha value is -0.680. The maximum absolute atomic E-state index is 12.3. The van der Waals surface area contributed by atoms with Gasteiger partial charge in [0.25, 0.3) is 0 Å². The lowest BCUT2D eigenvalue weighted by Gasteiger charge is -2.30. The van der Waals surface area contributed by atoms with Gasteiger partial charge in [0.05, 0.1) is 22.5 Å². The molecule has 1 saturated heterocycles. The van der Waals surface area contributed by atoms with E-state index in [0.717, 1.165) is 25.9 Å². The number of hydrogen-bond donors (Lipinski definition) is 1. The van der Waals surface area contributed by atoms with Crippen molar-refractivity contribution in [2.45, 2.75) is 38.3 Å². The molecule has 0 radical (unpaired) electrons. The fourth-order valence-corrected chi connectivity index (χ4v) is 2.70. The van der Waals surface area contributed by atoms with Crippen molar-refractivity contribution in [1.82, 2.24) is 4.90 Å². The number of carbonyl (C=O) groups excluding carboxylic acids is 1. The number of thiocarbonyl (C=S) groups is 1. The summed E-state index contributed by atoms with van der Waals surface area (Å²) in [6, 6.07) is 0.166. The lowest BCUT2D eigenvalue weighted by Crippen LogP contribution is -2.47. The van der Waals surface area contributed by atoms with Crippen molar-refractivity contribution in [2.75, 3.05) is 13.7 Å². The summed E-state index contributed by atoms with van der Waals surface area (Å²) >= 11 is 4.99. The average Bonchev–Trinajstić information content (AvgIpc) is 2.95. The molecule has 0 spiro atoms. The standard InChI is InChI=1S/C11H18N2O2S/c1-7-8(3-6-15-7)13(2)10(14)11(4-5-11)9(12)16/h7-8H,3-6H2,1-2H3,(H2,12,16). The van der Waals surface area contributed by atoms with Gasteiger partial charge in [0.2, 0.25) is 5.91 Å². The Kier molecular flexibility index (Phi) is 2.92. The number of nitrogens with zero attached hydrogens (tertiary/aromatic N) is 1. The molecule has 2 aliphatic rings. The molecule has 2 N–H and O–H groups in total. The summed E-state index contributed by atoms with van der Waals surface area (Å²) in [7, 11) is 1.83. The normalized spacial score (nSPS) is 31.1. The van der Waals surface area contributed by atoms with Gasteiger partial charge in [0, 0.05) is 13.7 Å². The van der Waals surface area contributed by atoms with Crippen molar-refractivity contribution in [3.05, 3.63) is 0 Å². The summed E-state index contributed by atoms with van der Waals surface area (Å²) in [5.41, 5.74) is 5.12. The molecule has 1 amide bonds. The molecule has 2 unspecified atom stereocenters. The molecule has 2 atom stereocenters. The molecule has 1 heterocycles. The fraction of sp³-hybridized carbons (Fsp3) is 0.818. The van der Waals surface area contributed by atoms with Gasteiger partial charge in [0.1, 0.15) is 0 Å². The van der Waals surface area contributed by atoms with Crippen LogP contribution in [0.25, 0.3) is 0 Å². The zero-order valence-corrected chi connectivity index (χ0v) is 10.5. The van der Waals surface area contributed by atoms with Crippen LogP contribution in [0.4, 0.5) is 0 Å². The molecule has 0 aromatic rings. The molecule has 4 nitrogen and oxygen atoms in total. The van der Waals surface area contributed by atoms with Crippen LogP contribution in [0.1, 0.15) is 26.2 Å². The summed E-state index contributed by atoms with van der Waals surface area (Å²) in [6.07, 6.45) is 2.61. The van der Waals surface area contributed by atoms with E-state index < -0.39 is 5.41 Å². The smallest absolute Gasteiger partial charge is 0.235 e. The van der Waals surface area contributed by atoms with Crippen LogP contribution in [0.15, 0.2) is 0 Å². The highest BCUT2D eigenvalue weighted by Crippen LogP contribution is 2.48. The molecule has 5 heteroatoms. The molecule has 1 aliphatic heterocycles. The number of likely N-dealkylation sites (N-methyl/N-ethyl adjacent to an activating group) is 1. The zero-order valence-electron chi connectivity index (χ0n) is 9.73. The van der Waals surface area contributed by atoms with Crippen molar-refractivity contribution in [1.29, 1.82) is 0 Å². The molecule has 16 heavy (non-hydrogen) atoms. The first kappa shape index (κ1) is 11.8. The minimum atomic E-state index is -0.535. The quantitative estimate of drug-likeness (QED) is 0.740. The van der Waals surface area contributed by atoms with Gasteiger partial charge in [-0.1, -0.05) is 12.2 Å². The van der Waals surface area contributed by atoms with Gasteiger partial charge in [-0.2, -0.15) is 0 Å². The van der Waals surface area contributed by atoms with Crippen LogP contribution >= 0.6 is 12.2 Å². The Morgan fingerprint density at radius 1 is 1.56 bits per heavy atom. The molecule has 0 bridgehead atoms. The maximum atomic E-state index is 12.3. The highest BCUT2D eigenvalue weighted by Gasteiger charge is 2.55. The minimum Gasteiger partial charge on any atom is -0.392 e. The molecule has 1 aliphatic carbocycles. The second kappa shape index (κ2) is 3.96. The largest absolute Gasteiger partial charge is 0.392 e. The van der Waals surface area contributed by atoms with Gasteiger partial charge in [-0.05, 0) is 26.2 Å². The monoisotopic (exact) mass is 242 g/mol. The predicted octanol–water partition coefficient (Wildman–Crippen LogP) is 0.689. The average molecular weight is 242 g/mol. The second-order valence-electron chi connectivity index (χ2n) is 4.79. The number of ether oxygens (including phenoxy) is 1. The number of hydrogen-bond acceptors (Lipinski definition) is 3. The lowest BCUT2D eigenvalue weighted by atomic mass is 10.0. The van der Waals surface area contributed by atoms with Crippen LogP contribution in [0, 0.1) is 5.41 Å². The maximum Gasteiger partial charge on any atom is 0.235 e. The summed E-state index contributed by atoms with van der Waals surface area (Å²) < 4.78 is 5.47. The van der Waals surface area contributed by atoms with Crippen LogP contribution < -0.4 is 5.73 Å². The third kappa shape index (κ3) is 1.72. The first-order chi connectivity index (χ1) is 7.49. The molecular weight excluding hydrogens is 224 g/mol. The Morgan fingerprint density at radius 3 is 2.56 bits per heavy atom. The van der Waals surface area contributed by atoms with Crippen molar-refractivity contribution >= 4 is 23.1 Å². The zero-order chi connectivity index (χ0) is 11.9. The van der Waals surface area contributed by atoms with E-state index >= 15 is 0 Å². The van der Waals surface area contributed by atoms with Gasteiger partial charge in [-0.3, -0.25) is 4.79 Å². The molecule has 2 rings (SSSR count). The fourth-order valence-electron chi connectivity index (χ4n) is 2.41. The van der Waals surface area contributed by atoms with E-state index in [1.54, 1.807) is 4.90 Å². The second-order valence-corrected chi connectivity index (χ2v) is 5.23. The highest BCUT2D eigenvalue weighted by atomic mass is 32.1. The van der Waals surface area contributed by atoms with Gasteiger partial charge >= 0.3 is 0 Å². The van der Waals surface area contributed by atoms with Crippen molar-refractivity contribution in [2.24, 2.45) is 11.1 Å². The third-order valence-corrected chi connectivity index (χ3v) is 4.18. The van der Waals surface area contributed by atoms with Gasteiger partial charge < -0.3 is 15.4 Å². The summed E-state index contributed by atoms with van der Waals surface area (Å²) in [6.45, 7) is 2.73. The van der Waals surface area contributed by atoms with E-state index in [9.17, 15) is 4.79 Å². The number of rotatable bonds is 3. The minimum absolute atomic E-state index is 0.0716. The predicted molar refractivity (Wildman–Crippen MR) is 65.0 cm³/mol. The topological polar surface area (TPSA) is 55.6 Å². The SMILES string of the molecule is CC1OCCC1N(C)C(=O)C1(C(N)=S)CC1. The van der Waals surface area contributed by atoms with Crippen LogP contribution in [0.3, 0.4) is 0 Å². The van der Waals surface area contributed by atoms with Gasteiger partial charge in [0.15, 0.2) is 0 Å². The van der Waals surface area contributed by atoms with Crippen LogP contribution in [-0.2, 0) is 9.53 Å². The molecular formula is C11H18N2O2S. The Morgan fingerprint density at radius 2 is 2.19 bits per heavy atom. The van der Waals surface area contributed by atoms with Crippen molar-refractivity contribution < 1.29 is 9.53 Å².